The first-order chi connectivity index (χ1) is 10.0. The van der Waals surface area contributed by atoms with Gasteiger partial charge in [0.2, 0.25) is 0 Å². The molecule has 1 aromatic carbocycles. The Labute approximate surface area is 132 Å². The summed E-state index contributed by atoms with van der Waals surface area (Å²) in [6, 6.07) is 5.50. The molecule has 0 bridgehead atoms. The molecule has 0 aromatic heterocycles. The molecule has 0 spiro atoms. The summed E-state index contributed by atoms with van der Waals surface area (Å²) >= 11 is 6.06. The van der Waals surface area contributed by atoms with Gasteiger partial charge in [-0.2, -0.15) is 0 Å². The van der Waals surface area contributed by atoms with E-state index in [9.17, 15) is 5.11 Å². The Morgan fingerprint density at radius 3 is 2.57 bits per heavy atom. The van der Waals surface area contributed by atoms with Gasteiger partial charge in [-0.05, 0) is 55.4 Å². The van der Waals surface area contributed by atoms with Crippen molar-refractivity contribution in [1.82, 2.24) is 0 Å². The normalized spacial score (nSPS) is 27.4. The van der Waals surface area contributed by atoms with Crippen LogP contribution < -0.4 is 4.74 Å². The van der Waals surface area contributed by atoms with Crippen LogP contribution in [0, 0.1) is 5.92 Å². The zero-order chi connectivity index (χ0) is 15.5. The lowest BCUT2D eigenvalue weighted by molar-refractivity contribution is -0.127. The third kappa shape index (κ3) is 3.71. The third-order valence-electron chi connectivity index (χ3n) is 4.79. The first kappa shape index (κ1) is 16.6. The highest BCUT2D eigenvalue weighted by molar-refractivity contribution is 6.30. The molecular formula is C17H25ClO3. The minimum absolute atomic E-state index is 0.445. The maximum atomic E-state index is 10.8. The highest BCUT2D eigenvalue weighted by Gasteiger charge is 2.40. The average Bonchev–Trinajstić information content (AvgIpc) is 2.48. The van der Waals surface area contributed by atoms with E-state index in [-0.39, 0.29) is 0 Å². The van der Waals surface area contributed by atoms with Crippen LogP contribution in [-0.4, -0.2) is 31.0 Å². The van der Waals surface area contributed by atoms with E-state index in [1.54, 1.807) is 20.3 Å². The van der Waals surface area contributed by atoms with Crippen molar-refractivity contribution in [3.8, 4) is 5.75 Å². The number of aliphatic hydroxyl groups is 1. The number of ether oxygens (including phenoxy) is 2. The van der Waals surface area contributed by atoms with E-state index in [0.717, 1.165) is 37.0 Å². The largest absolute Gasteiger partial charge is 0.496 e. The molecule has 118 valence electrons. The highest BCUT2D eigenvalue weighted by atomic mass is 35.5. The molecular weight excluding hydrogens is 288 g/mol. The van der Waals surface area contributed by atoms with Crippen LogP contribution >= 0.6 is 11.6 Å². The van der Waals surface area contributed by atoms with Crippen molar-refractivity contribution in [1.29, 1.82) is 0 Å². The molecule has 0 heterocycles. The van der Waals surface area contributed by atoms with Crippen molar-refractivity contribution in [2.45, 2.75) is 50.7 Å². The highest BCUT2D eigenvalue weighted by Crippen LogP contribution is 2.38. The molecule has 1 aliphatic rings. The van der Waals surface area contributed by atoms with Crippen molar-refractivity contribution >= 4 is 11.6 Å². The molecule has 1 aromatic rings. The van der Waals surface area contributed by atoms with E-state index >= 15 is 0 Å². The van der Waals surface area contributed by atoms with Crippen molar-refractivity contribution in [3.05, 3.63) is 28.8 Å². The molecule has 1 fully saturated rings. The van der Waals surface area contributed by atoms with Crippen LogP contribution in [0.2, 0.25) is 5.02 Å². The summed E-state index contributed by atoms with van der Waals surface area (Å²) in [7, 11) is 3.34. The average molecular weight is 313 g/mol. The number of halogens is 1. The van der Waals surface area contributed by atoms with Crippen LogP contribution in [0.25, 0.3) is 0 Å². The monoisotopic (exact) mass is 312 g/mol. The number of methoxy groups -OCH3 is 2. The predicted octanol–water partition coefficient (Wildman–Crippen LogP) is 3.85. The van der Waals surface area contributed by atoms with Crippen LogP contribution in [0.4, 0.5) is 0 Å². The van der Waals surface area contributed by atoms with Gasteiger partial charge in [-0.25, -0.2) is 0 Å². The van der Waals surface area contributed by atoms with Gasteiger partial charge in [-0.1, -0.05) is 18.5 Å². The van der Waals surface area contributed by atoms with Crippen molar-refractivity contribution < 1.29 is 14.6 Å². The summed E-state index contributed by atoms with van der Waals surface area (Å²) < 4.78 is 11.1. The van der Waals surface area contributed by atoms with Gasteiger partial charge in [0.1, 0.15) is 5.75 Å². The van der Waals surface area contributed by atoms with Crippen molar-refractivity contribution in [3.63, 3.8) is 0 Å². The van der Waals surface area contributed by atoms with Crippen LogP contribution in [0.5, 0.6) is 5.75 Å². The Morgan fingerprint density at radius 1 is 1.33 bits per heavy atom. The van der Waals surface area contributed by atoms with Crippen molar-refractivity contribution in [2.24, 2.45) is 5.92 Å². The maximum absolute atomic E-state index is 10.8. The number of hydrogen-bond donors (Lipinski definition) is 1. The summed E-state index contributed by atoms with van der Waals surface area (Å²) in [5.74, 6) is 1.47. The standard InChI is InChI=1S/C17H25ClO3/c1-12-6-8-17(21-3,9-7-12)16(19)11-13-10-14(18)4-5-15(13)20-2/h4-5,10,12,16,19H,6-9,11H2,1-3H3. The predicted molar refractivity (Wildman–Crippen MR) is 85.1 cm³/mol. The molecule has 21 heavy (non-hydrogen) atoms. The topological polar surface area (TPSA) is 38.7 Å². The second-order valence-electron chi connectivity index (χ2n) is 6.13. The van der Waals surface area contributed by atoms with Crippen molar-refractivity contribution in [2.75, 3.05) is 14.2 Å². The smallest absolute Gasteiger partial charge is 0.122 e. The van der Waals surface area contributed by atoms with Crippen LogP contribution in [0.15, 0.2) is 18.2 Å². The fraction of sp³-hybridized carbons (Fsp3) is 0.647. The van der Waals surface area contributed by atoms with Crippen LogP contribution in [0.3, 0.4) is 0 Å². The second-order valence-corrected chi connectivity index (χ2v) is 6.56. The zero-order valence-electron chi connectivity index (χ0n) is 13.1. The van der Waals surface area contributed by atoms with Gasteiger partial charge >= 0.3 is 0 Å². The zero-order valence-corrected chi connectivity index (χ0v) is 13.8. The number of aliphatic hydroxyl groups excluding tert-OH is 1. The lowest BCUT2D eigenvalue weighted by atomic mass is 9.75. The molecule has 0 aliphatic heterocycles. The Bertz CT molecular complexity index is 467. The van der Waals surface area contributed by atoms with Gasteiger partial charge < -0.3 is 14.6 Å². The molecule has 4 heteroatoms. The molecule has 1 saturated carbocycles. The quantitative estimate of drug-likeness (QED) is 0.897. The Kier molecular flexibility index (Phi) is 5.53. The summed E-state index contributed by atoms with van der Waals surface area (Å²) in [6.45, 7) is 2.26. The number of benzene rings is 1. The second kappa shape index (κ2) is 6.99. The van der Waals surface area contributed by atoms with Gasteiger partial charge in [0.15, 0.2) is 0 Å². The summed E-state index contributed by atoms with van der Waals surface area (Å²) in [5.41, 5.74) is 0.479. The number of hydrogen-bond acceptors (Lipinski definition) is 3. The molecule has 3 nitrogen and oxygen atoms in total. The van der Waals surface area contributed by atoms with Gasteiger partial charge in [-0.15, -0.1) is 0 Å². The van der Waals surface area contributed by atoms with Gasteiger partial charge in [0, 0.05) is 18.6 Å². The molecule has 1 atom stereocenters. The minimum Gasteiger partial charge on any atom is -0.496 e. The fourth-order valence-electron chi connectivity index (χ4n) is 3.23. The molecule has 2 rings (SSSR count). The molecule has 1 unspecified atom stereocenters. The molecule has 0 radical (unpaired) electrons. The Balaban J connectivity index is 2.16. The van der Waals surface area contributed by atoms with Crippen LogP contribution in [0.1, 0.15) is 38.2 Å². The molecule has 1 aliphatic carbocycles. The van der Waals surface area contributed by atoms with E-state index in [0.29, 0.717) is 17.4 Å². The molecule has 1 N–H and O–H groups in total. The number of rotatable bonds is 5. The van der Waals surface area contributed by atoms with E-state index in [4.69, 9.17) is 21.1 Å². The Hall–Kier alpha value is -0.770. The maximum Gasteiger partial charge on any atom is 0.122 e. The summed E-state index contributed by atoms with van der Waals surface area (Å²) in [4.78, 5) is 0. The first-order valence-corrected chi connectivity index (χ1v) is 7.94. The van der Waals surface area contributed by atoms with Gasteiger partial charge in [-0.3, -0.25) is 0 Å². The first-order valence-electron chi connectivity index (χ1n) is 7.56. The van der Waals surface area contributed by atoms with Crippen LogP contribution in [-0.2, 0) is 11.2 Å². The fourth-order valence-corrected chi connectivity index (χ4v) is 3.42. The lowest BCUT2D eigenvalue weighted by Crippen LogP contribution is -2.47. The summed E-state index contributed by atoms with van der Waals surface area (Å²) in [5, 5.41) is 11.4. The van der Waals surface area contributed by atoms with E-state index in [2.05, 4.69) is 6.92 Å². The summed E-state index contributed by atoms with van der Waals surface area (Å²) in [6.07, 6.45) is 3.92. The van der Waals surface area contributed by atoms with Gasteiger partial charge in [0.25, 0.3) is 0 Å². The third-order valence-corrected chi connectivity index (χ3v) is 5.03. The van der Waals surface area contributed by atoms with E-state index in [1.165, 1.54) is 0 Å². The molecule has 0 amide bonds. The van der Waals surface area contributed by atoms with E-state index < -0.39 is 11.7 Å². The Morgan fingerprint density at radius 2 is 2.00 bits per heavy atom. The SMILES string of the molecule is COc1ccc(Cl)cc1CC(O)C1(OC)CCC(C)CC1. The molecule has 0 saturated heterocycles. The minimum atomic E-state index is -0.553. The van der Waals surface area contributed by atoms with Gasteiger partial charge in [0.05, 0.1) is 18.8 Å². The van der Waals surface area contributed by atoms with E-state index in [1.807, 2.05) is 12.1 Å². The lowest BCUT2D eigenvalue weighted by Gasteiger charge is -2.42.